The first-order chi connectivity index (χ1) is 8.51. The fourth-order valence-electron chi connectivity index (χ4n) is 1.43. The van der Waals surface area contributed by atoms with Gasteiger partial charge in [-0.15, -0.1) is 0 Å². The summed E-state index contributed by atoms with van der Waals surface area (Å²) in [6, 6.07) is 7.63. The first kappa shape index (κ1) is 15.3. The van der Waals surface area contributed by atoms with Gasteiger partial charge < -0.3 is 9.47 Å². The van der Waals surface area contributed by atoms with Crippen molar-refractivity contribution in [2.45, 2.75) is 19.4 Å². The molecular formula is C12H17ClO4S. The first-order valence-corrected chi connectivity index (χ1v) is 8.12. The number of unbranched alkanes of at least 4 members (excludes halogenated alkanes) is 1. The molecule has 6 heteroatoms. The van der Waals surface area contributed by atoms with Crippen molar-refractivity contribution in [3.05, 3.63) is 29.8 Å². The Morgan fingerprint density at radius 3 is 2.72 bits per heavy atom. The zero-order chi connectivity index (χ0) is 13.4. The van der Waals surface area contributed by atoms with Gasteiger partial charge in [0.25, 0.3) is 0 Å². The topological polar surface area (TPSA) is 52.6 Å². The minimum atomic E-state index is -3.37. The van der Waals surface area contributed by atoms with Crippen LogP contribution in [0.15, 0.2) is 24.3 Å². The molecule has 0 unspecified atom stereocenters. The smallest absolute Gasteiger partial charge is 0.232 e. The van der Waals surface area contributed by atoms with E-state index in [1.807, 2.05) is 24.3 Å². The highest BCUT2D eigenvalue weighted by Gasteiger charge is 2.03. The van der Waals surface area contributed by atoms with Gasteiger partial charge in [-0.25, -0.2) is 8.42 Å². The van der Waals surface area contributed by atoms with Crippen LogP contribution in [0, 0.1) is 0 Å². The van der Waals surface area contributed by atoms with Crippen molar-refractivity contribution >= 4 is 19.7 Å². The standard InChI is InChI=1S/C12H17ClO4S/c1-16-12-6-4-5-11(9-12)10-17-7-2-3-8-18(13,14)15/h4-6,9H,2-3,7-8,10H2,1H3. The molecule has 1 aromatic carbocycles. The molecule has 0 heterocycles. The summed E-state index contributed by atoms with van der Waals surface area (Å²) in [7, 11) is 3.34. The number of hydrogen-bond acceptors (Lipinski definition) is 4. The summed E-state index contributed by atoms with van der Waals surface area (Å²) in [6.45, 7) is 1.01. The highest BCUT2D eigenvalue weighted by atomic mass is 35.7. The van der Waals surface area contributed by atoms with Crippen LogP contribution in [0.4, 0.5) is 0 Å². The second-order valence-electron chi connectivity index (χ2n) is 3.85. The minimum absolute atomic E-state index is 0.00290. The lowest BCUT2D eigenvalue weighted by Gasteiger charge is -2.05. The van der Waals surface area contributed by atoms with Gasteiger partial charge in [0.2, 0.25) is 9.05 Å². The van der Waals surface area contributed by atoms with Crippen LogP contribution in [-0.2, 0) is 20.4 Å². The largest absolute Gasteiger partial charge is 0.497 e. The van der Waals surface area contributed by atoms with Crippen molar-refractivity contribution in [3.8, 4) is 5.75 Å². The van der Waals surface area contributed by atoms with Crippen LogP contribution in [0.5, 0.6) is 5.75 Å². The summed E-state index contributed by atoms with van der Waals surface area (Å²) >= 11 is 0. The first-order valence-electron chi connectivity index (χ1n) is 5.64. The lowest BCUT2D eigenvalue weighted by atomic mass is 10.2. The Bertz CT molecular complexity index is 459. The Morgan fingerprint density at radius 1 is 1.28 bits per heavy atom. The van der Waals surface area contributed by atoms with Gasteiger partial charge in [-0.05, 0) is 30.5 Å². The molecule has 18 heavy (non-hydrogen) atoms. The molecule has 1 aromatic rings. The van der Waals surface area contributed by atoms with E-state index < -0.39 is 9.05 Å². The molecular weight excluding hydrogens is 276 g/mol. The Balaban J connectivity index is 2.18. The fourth-order valence-corrected chi connectivity index (χ4v) is 2.31. The van der Waals surface area contributed by atoms with Crippen LogP contribution in [0.3, 0.4) is 0 Å². The van der Waals surface area contributed by atoms with Gasteiger partial charge in [-0.3, -0.25) is 0 Å². The second kappa shape index (κ2) is 7.61. The van der Waals surface area contributed by atoms with Crippen LogP contribution >= 0.6 is 10.7 Å². The third-order valence-corrected chi connectivity index (χ3v) is 3.57. The van der Waals surface area contributed by atoms with Crippen molar-refractivity contribution in [2.75, 3.05) is 19.5 Å². The molecule has 102 valence electrons. The molecule has 0 saturated carbocycles. The average molecular weight is 293 g/mol. The predicted octanol–water partition coefficient (Wildman–Crippen LogP) is 2.56. The molecule has 0 aliphatic carbocycles. The lowest BCUT2D eigenvalue weighted by molar-refractivity contribution is 0.118. The third kappa shape index (κ3) is 6.83. The molecule has 0 aliphatic rings. The summed E-state index contributed by atoms with van der Waals surface area (Å²) in [5, 5.41) is 0. The fraction of sp³-hybridized carbons (Fsp3) is 0.500. The maximum atomic E-state index is 10.7. The average Bonchev–Trinajstić information content (AvgIpc) is 2.32. The van der Waals surface area contributed by atoms with E-state index in [0.717, 1.165) is 11.3 Å². The van der Waals surface area contributed by atoms with Gasteiger partial charge in [0.15, 0.2) is 0 Å². The van der Waals surface area contributed by atoms with Crippen LogP contribution in [0.1, 0.15) is 18.4 Å². The van der Waals surface area contributed by atoms with E-state index in [1.165, 1.54) is 0 Å². The lowest BCUT2D eigenvalue weighted by Crippen LogP contribution is -2.01. The quantitative estimate of drug-likeness (QED) is 0.546. The highest BCUT2D eigenvalue weighted by Crippen LogP contribution is 2.13. The van der Waals surface area contributed by atoms with E-state index in [1.54, 1.807) is 7.11 Å². The molecule has 1 rings (SSSR count). The van der Waals surface area contributed by atoms with Crippen LogP contribution in [0.2, 0.25) is 0 Å². The van der Waals surface area contributed by atoms with Gasteiger partial charge in [0.1, 0.15) is 5.75 Å². The highest BCUT2D eigenvalue weighted by molar-refractivity contribution is 8.13. The summed E-state index contributed by atoms with van der Waals surface area (Å²) in [5.74, 6) is 0.793. The normalized spacial score (nSPS) is 11.4. The van der Waals surface area contributed by atoms with Crippen LogP contribution in [0.25, 0.3) is 0 Å². The Morgan fingerprint density at radius 2 is 2.06 bits per heavy atom. The number of benzene rings is 1. The third-order valence-electron chi connectivity index (χ3n) is 2.33. The van der Waals surface area contributed by atoms with E-state index in [2.05, 4.69) is 0 Å². The van der Waals surface area contributed by atoms with Gasteiger partial charge in [-0.1, -0.05) is 12.1 Å². The molecule has 0 radical (unpaired) electrons. The molecule has 0 N–H and O–H groups in total. The van der Waals surface area contributed by atoms with Crippen LogP contribution in [-0.4, -0.2) is 27.9 Å². The minimum Gasteiger partial charge on any atom is -0.497 e. The molecule has 4 nitrogen and oxygen atoms in total. The zero-order valence-electron chi connectivity index (χ0n) is 10.3. The number of hydrogen-bond donors (Lipinski definition) is 0. The van der Waals surface area contributed by atoms with Crippen LogP contribution < -0.4 is 4.74 Å². The monoisotopic (exact) mass is 292 g/mol. The Hall–Kier alpha value is -0.780. The summed E-state index contributed by atoms with van der Waals surface area (Å²) in [6.07, 6.45) is 1.19. The maximum Gasteiger partial charge on any atom is 0.232 e. The SMILES string of the molecule is COc1cccc(COCCCCS(=O)(=O)Cl)c1. The summed E-state index contributed by atoms with van der Waals surface area (Å²) in [5.41, 5.74) is 1.03. The van der Waals surface area contributed by atoms with E-state index in [0.29, 0.717) is 26.1 Å². The molecule has 0 aromatic heterocycles. The van der Waals surface area contributed by atoms with Crippen molar-refractivity contribution in [1.29, 1.82) is 0 Å². The molecule has 0 bridgehead atoms. The molecule has 0 aliphatic heterocycles. The van der Waals surface area contributed by atoms with Gasteiger partial charge in [0.05, 0.1) is 19.5 Å². The molecule has 0 fully saturated rings. The second-order valence-corrected chi connectivity index (χ2v) is 6.75. The van der Waals surface area contributed by atoms with Crippen molar-refractivity contribution in [3.63, 3.8) is 0 Å². The van der Waals surface area contributed by atoms with E-state index in [9.17, 15) is 8.42 Å². The molecule has 0 saturated heterocycles. The Labute approximate surface area is 112 Å². The Kier molecular flexibility index (Phi) is 6.46. The number of ether oxygens (including phenoxy) is 2. The predicted molar refractivity (Wildman–Crippen MR) is 71.5 cm³/mol. The number of rotatable bonds is 8. The maximum absolute atomic E-state index is 10.7. The van der Waals surface area contributed by atoms with Crippen molar-refractivity contribution in [1.82, 2.24) is 0 Å². The van der Waals surface area contributed by atoms with E-state index >= 15 is 0 Å². The van der Waals surface area contributed by atoms with E-state index in [-0.39, 0.29) is 5.75 Å². The van der Waals surface area contributed by atoms with Gasteiger partial charge in [0, 0.05) is 17.3 Å². The molecule has 0 amide bonds. The molecule has 0 atom stereocenters. The van der Waals surface area contributed by atoms with Gasteiger partial charge in [-0.2, -0.15) is 0 Å². The molecule has 0 spiro atoms. The van der Waals surface area contributed by atoms with Crippen molar-refractivity contribution in [2.24, 2.45) is 0 Å². The van der Waals surface area contributed by atoms with Gasteiger partial charge >= 0.3 is 0 Å². The van der Waals surface area contributed by atoms with Crippen molar-refractivity contribution < 1.29 is 17.9 Å². The number of halogens is 1. The summed E-state index contributed by atoms with van der Waals surface area (Å²) in [4.78, 5) is 0. The summed E-state index contributed by atoms with van der Waals surface area (Å²) < 4.78 is 31.9. The number of methoxy groups -OCH3 is 1. The zero-order valence-corrected chi connectivity index (χ0v) is 11.8. The van der Waals surface area contributed by atoms with E-state index in [4.69, 9.17) is 20.2 Å².